The smallest absolute Gasteiger partial charge is 0.171 e. The summed E-state index contributed by atoms with van der Waals surface area (Å²) in [5.74, 6) is -0.413. The van der Waals surface area contributed by atoms with E-state index in [1.807, 2.05) is 0 Å². The Morgan fingerprint density at radius 3 is 1.81 bits per heavy atom. The first kappa shape index (κ1) is 15.7. The molecule has 0 aromatic carbocycles. The Morgan fingerprint density at radius 1 is 0.905 bits per heavy atom. The van der Waals surface area contributed by atoms with E-state index in [0.717, 1.165) is 39.2 Å². The molecule has 0 N–H and O–H groups in total. The first-order valence-electron chi connectivity index (χ1n) is 8.21. The van der Waals surface area contributed by atoms with Gasteiger partial charge in [0.25, 0.3) is 0 Å². The Hall–Kier alpha value is -0.160. The molecule has 21 heavy (non-hydrogen) atoms. The molecule has 1 spiro atoms. The summed E-state index contributed by atoms with van der Waals surface area (Å²) in [6.07, 6.45) is 2.27. The van der Waals surface area contributed by atoms with Crippen LogP contribution in [0.2, 0.25) is 0 Å². The third-order valence-corrected chi connectivity index (χ3v) is 5.11. The van der Waals surface area contributed by atoms with Crippen molar-refractivity contribution in [3.8, 4) is 0 Å². The fourth-order valence-electron chi connectivity index (χ4n) is 4.20. The van der Waals surface area contributed by atoms with Crippen molar-refractivity contribution < 1.29 is 14.2 Å². The summed E-state index contributed by atoms with van der Waals surface area (Å²) in [7, 11) is 0. The SMILES string of the molecule is CC1(C)COC2(CC(C)(C)N(CC3CO3)C(C)(C)C2)OC1. The summed E-state index contributed by atoms with van der Waals surface area (Å²) in [6.45, 7) is 17.1. The van der Waals surface area contributed by atoms with Gasteiger partial charge in [-0.1, -0.05) is 13.8 Å². The maximum absolute atomic E-state index is 6.28. The molecule has 3 fully saturated rings. The summed E-state index contributed by atoms with van der Waals surface area (Å²) in [5.41, 5.74) is 0.225. The van der Waals surface area contributed by atoms with Crippen LogP contribution in [0.3, 0.4) is 0 Å². The van der Waals surface area contributed by atoms with Gasteiger partial charge in [-0.2, -0.15) is 0 Å². The van der Waals surface area contributed by atoms with E-state index in [1.54, 1.807) is 0 Å². The van der Waals surface area contributed by atoms with Gasteiger partial charge in [0.05, 0.1) is 25.9 Å². The summed E-state index contributed by atoms with van der Waals surface area (Å²) < 4.78 is 18.0. The highest BCUT2D eigenvalue weighted by atomic mass is 16.7. The van der Waals surface area contributed by atoms with Crippen LogP contribution in [0.15, 0.2) is 0 Å². The minimum atomic E-state index is -0.413. The van der Waals surface area contributed by atoms with Gasteiger partial charge in [-0.25, -0.2) is 0 Å². The second-order valence-corrected chi connectivity index (χ2v) is 9.20. The summed E-state index contributed by atoms with van der Waals surface area (Å²) >= 11 is 0. The fourth-order valence-corrected chi connectivity index (χ4v) is 4.20. The molecule has 3 heterocycles. The van der Waals surface area contributed by atoms with Crippen LogP contribution < -0.4 is 0 Å². The standard InChI is InChI=1S/C17H31NO3/c1-14(2)11-20-17(21-12-14)9-15(3,4)18(7-13-8-19-13)16(5,6)10-17/h13H,7-12H2,1-6H3. The quantitative estimate of drug-likeness (QED) is 0.734. The van der Waals surface area contributed by atoms with Crippen molar-refractivity contribution in [2.75, 3.05) is 26.4 Å². The van der Waals surface area contributed by atoms with Gasteiger partial charge >= 0.3 is 0 Å². The van der Waals surface area contributed by atoms with Gasteiger partial charge in [-0.3, -0.25) is 4.90 Å². The van der Waals surface area contributed by atoms with Crippen LogP contribution in [0.25, 0.3) is 0 Å². The van der Waals surface area contributed by atoms with Gasteiger partial charge in [-0.15, -0.1) is 0 Å². The van der Waals surface area contributed by atoms with Crippen LogP contribution in [0.5, 0.6) is 0 Å². The first-order valence-corrected chi connectivity index (χ1v) is 8.21. The number of likely N-dealkylation sites (tertiary alicyclic amines) is 1. The van der Waals surface area contributed by atoms with Crippen LogP contribution in [0.4, 0.5) is 0 Å². The van der Waals surface area contributed by atoms with Crippen LogP contribution in [0, 0.1) is 5.41 Å². The molecule has 3 aliphatic rings. The summed E-state index contributed by atoms with van der Waals surface area (Å²) in [6, 6.07) is 0. The van der Waals surface area contributed by atoms with Crippen molar-refractivity contribution in [2.45, 2.75) is 77.4 Å². The molecule has 4 nitrogen and oxygen atoms in total. The second kappa shape index (κ2) is 4.67. The zero-order valence-corrected chi connectivity index (χ0v) is 14.5. The number of hydrogen-bond acceptors (Lipinski definition) is 4. The van der Waals surface area contributed by atoms with E-state index in [-0.39, 0.29) is 16.5 Å². The summed E-state index contributed by atoms with van der Waals surface area (Å²) in [4.78, 5) is 2.59. The predicted octanol–water partition coefficient (Wildman–Crippen LogP) is 2.81. The van der Waals surface area contributed by atoms with E-state index >= 15 is 0 Å². The fraction of sp³-hybridized carbons (Fsp3) is 1.00. The second-order valence-electron chi connectivity index (χ2n) is 9.20. The van der Waals surface area contributed by atoms with E-state index in [9.17, 15) is 0 Å². The Kier molecular flexibility index (Phi) is 3.50. The van der Waals surface area contributed by atoms with Crippen molar-refractivity contribution in [2.24, 2.45) is 5.41 Å². The molecular formula is C17H31NO3. The normalized spacial score (nSPS) is 36.6. The Bertz CT molecular complexity index is 382. The molecule has 0 amide bonds. The third kappa shape index (κ3) is 3.14. The van der Waals surface area contributed by atoms with E-state index in [2.05, 4.69) is 46.4 Å². The molecule has 1 unspecified atom stereocenters. The number of piperidine rings is 1. The Morgan fingerprint density at radius 2 is 1.38 bits per heavy atom. The minimum absolute atomic E-state index is 0.0508. The van der Waals surface area contributed by atoms with E-state index in [0.29, 0.717) is 6.10 Å². The highest BCUT2D eigenvalue weighted by molar-refractivity contribution is 5.06. The molecule has 0 aromatic rings. The Labute approximate surface area is 129 Å². The maximum Gasteiger partial charge on any atom is 0.171 e. The molecule has 0 aliphatic carbocycles. The van der Waals surface area contributed by atoms with E-state index in [1.165, 1.54) is 0 Å². The van der Waals surface area contributed by atoms with Gasteiger partial charge in [-0.05, 0) is 27.7 Å². The molecule has 0 bridgehead atoms. The molecule has 0 radical (unpaired) electrons. The number of nitrogens with zero attached hydrogens (tertiary/aromatic N) is 1. The lowest BCUT2D eigenvalue weighted by molar-refractivity contribution is -0.338. The van der Waals surface area contributed by atoms with Crippen molar-refractivity contribution in [1.82, 2.24) is 4.90 Å². The van der Waals surface area contributed by atoms with E-state index < -0.39 is 5.79 Å². The molecular weight excluding hydrogens is 266 g/mol. The number of epoxide rings is 1. The maximum atomic E-state index is 6.28. The third-order valence-electron chi connectivity index (χ3n) is 5.11. The number of rotatable bonds is 2. The largest absolute Gasteiger partial charge is 0.372 e. The van der Waals surface area contributed by atoms with Crippen LogP contribution in [0.1, 0.15) is 54.4 Å². The van der Waals surface area contributed by atoms with Gasteiger partial charge in [0.15, 0.2) is 5.79 Å². The molecule has 3 saturated heterocycles. The van der Waals surface area contributed by atoms with Crippen molar-refractivity contribution >= 4 is 0 Å². The van der Waals surface area contributed by atoms with Gasteiger partial charge in [0.2, 0.25) is 0 Å². The van der Waals surface area contributed by atoms with Gasteiger partial charge < -0.3 is 14.2 Å². The Balaban J connectivity index is 1.79. The lowest BCUT2D eigenvalue weighted by Crippen LogP contribution is -2.68. The lowest BCUT2D eigenvalue weighted by Gasteiger charge is -2.60. The topological polar surface area (TPSA) is 34.2 Å². The van der Waals surface area contributed by atoms with Crippen LogP contribution in [-0.2, 0) is 14.2 Å². The minimum Gasteiger partial charge on any atom is -0.372 e. The molecule has 0 aromatic heterocycles. The van der Waals surface area contributed by atoms with Gasteiger partial charge in [0, 0.05) is 35.9 Å². The van der Waals surface area contributed by atoms with E-state index in [4.69, 9.17) is 14.2 Å². The molecule has 122 valence electrons. The molecule has 3 aliphatic heterocycles. The van der Waals surface area contributed by atoms with Crippen molar-refractivity contribution in [3.05, 3.63) is 0 Å². The highest BCUT2D eigenvalue weighted by Gasteiger charge is 2.56. The highest BCUT2D eigenvalue weighted by Crippen LogP contribution is 2.48. The predicted molar refractivity (Wildman–Crippen MR) is 82.3 cm³/mol. The number of hydrogen-bond donors (Lipinski definition) is 0. The molecule has 1 atom stereocenters. The average Bonchev–Trinajstić information content (AvgIpc) is 3.12. The van der Waals surface area contributed by atoms with Crippen molar-refractivity contribution in [1.29, 1.82) is 0 Å². The molecule has 0 saturated carbocycles. The first-order chi connectivity index (χ1) is 9.54. The van der Waals surface area contributed by atoms with Crippen molar-refractivity contribution in [3.63, 3.8) is 0 Å². The van der Waals surface area contributed by atoms with Crippen LogP contribution in [-0.4, -0.2) is 54.2 Å². The lowest BCUT2D eigenvalue weighted by atomic mass is 9.75. The monoisotopic (exact) mass is 297 g/mol. The zero-order chi connectivity index (χ0) is 15.5. The zero-order valence-electron chi connectivity index (χ0n) is 14.5. The molecule has 4 heteroatoms. The average molecular weight is 297 g/mol. The van der Waals surface area contributed by atoms with Crippen LogP contribution >= 0.6 is 0 Å². The number of ether oxygens (including phenoxy) is 3. The summed E-state index contributed by atoms with van der Waals surface area (Å²) in [5, 5.41) is 0. The molecule has 3 rings (SSSR count). The van der Waals surface area contributed by atoms with Gasteiger partial charge in [0.1, 0.15) is 0 Å².